The van der Waals surface area contributed by atoms with E-state index in [1.165, 1.54) is 5.56 Å². The number of hydrogen-bond acceptors (Lipinski definition) is 3. The molecule has 0 unspecified atom stereocenters. The molecular formula is C15H22N4. The zero-order chi connectivity index (χ0) is 13.5. The Morgan fingerprint density at radius 3 is 2.79 bits per heavy atom. The molecule has 19 heavy (non-hydrogen) atoms. The van der Waals surface area contributed by atoms with Gasteiger partial charge in [0.2, 0.25) is 0 Å². The van der Waals surface area contributed by atoms with Crippen molar-refractivity contribution in [1.82, 2.24) is 20.0 Å². The van der Waals surface area contributed by atoms with Crippen LogP contribution in [-0.2, 0) is 6.54 Å². The smallest absolute Gasteiger partial charge is 0.0690 e. The lowest BCUT2D eigenvalue weighted by molar-refractivity contribution is 0.394. The van der Waals surface area contributed by atoms with Crippen molar-refractivity contribution < 1.29 is 0 Å². The molecule has 102 valence electrons. The number of aromatic nitrogens is 2. The maximum Gasteiger partial charge on any atom is 0.0690 e. The molecule has 2 rings (SSSR count). The van der Waals surface area contributed by atoms with E-state index in [2.05, 4.69) is 47.6 Å². The second-order valence-electron chi connectivity index (χ2n) is 4.91. The molecule has 0 saturated heterocycles. The molecule has 4 nitrogen and oxygen atoms in total. The number of para-hydroxylation sites is 1. The molecule has 0 spiro atoms. The molecule has 4 heteroatoms. The van der Waals surface area contributed by atoms with E-state index in [0.717, 1.165) is 31.7 Å². The highest BCUT2D eigenvalue weighted by molar-refractivity contribution is 5.40. The summed E-state index contributed by atoms with van der Waals surface area (Å²) in [5.74, 6) is 0. The average Bonchev–Trinajstić information content (AvgIpc) is 2.92. The highest BCUT2D eigenvalue weighted by Crippen LogP contribution is 2.12. The lowest BCUT2D eigenvalue weighted by atomic mass is 10.1. The number of nitrogens with zero attached hydrogens (tertiary/aromatic N) is 3. The van der Waals surface area contributed by atoms with E-state index in [0.29, 0.717) is 0 Å². The molecule has 0 aliphatic rings. The number of hydrogen-bond donors (Lipinski definition) is 1. The minimum Gasteiger partial charge on any atom is -0.313 e. The Morgan fingerprint density at radius 1 is 1.21 bits per heavy atom. The third-order valence-electron chi connectivity index (χ3n) is 3.02. The monoisotopic (exact) mass is 258 g/mol. The van der Waals surface area contributed by atoms with Crippen molar-refractivity contribution in [2.24, 2.45) is 0 Å². The van der Waals surface area contributed by atoms with Crippen LogP contribution in [-0.4, -0.2) is 41.9 Å². The van der Waals surface area contributed by atoms with Crippen molar-refractivity contribution in [3.05, 3.63) is 48.3 Å². The van der Waals surface area contributed by atoms with Gasteiger partial charge < -0.3 is 10.2 Å². The first-order valence-electron chi connectivity index (χ1n) is 6.71. The molecule has 0 fully saturated rings. The van der Waals surface area contributed by atoms with Crippen LogP contribution in [0.25, 0.3) is 5.69 Å². The summed E-state index contributed by atoms with van der Waals surface area (Å²) in [5, 5.41) is 7.79. The van der Waals surface area contributed by atoms with Crippen LogP contribution in [0, 0.1) is 0 Å². The summed E-state index contributed by atoms with van der Waals surface area (Å²) in [6.45, 7) is 3.03. The summed E-state index contributed by atoms with van der Waals surface area (Å²) in [6.07, 6.45) is 4.95. The summed E-state index contributed by atoms with van der Waals surface area (Å²) in [6, 6.07) is 10.3. The van der Waals surface area contributed by atoms with Crippen molar-refractivity contribution in [1.29, 1.82) is 0 Å². The van der Waals surface area contributed by atoms with Gasteiger partial charge in [-0.1, -0.05) is 18.2 Å². The van der Waals surface area contributed by atoms with Crippen molar-refractivity contribution in [3.63, 3.8) is 0 Å². The summed E-state index contributed by atoms with van der Waals surface area (Å²) in [7, 11) is 4.21. The molecule has 0 aliphatic heterocycles. The molecule has 0 atom stereocenters. The van der Waals surface area contributed by atoms with Gasteiger partial charge in [-0.25, -0.2) is 4.68 Å². The van der Waals surface area contributed by atoms with Gasteiger partial charge in [-0.15, -0.1) is 0 Å². The Hall–Kier alpha value is -1.65. The van der Waals surface area contributed by atoms with Crippen molar-refractivity contribution >= 4 is 0 Å². The lowest BCUT2D eigenvalue weighted by Crippen LogP contribution is -2.21. The first kappa shape index (κ1) is 13.8. The largest absolute Gasteiger partial charge is 0.313 e. The van der Waals surface area contributed by atoms with Crippen LogP contribution >= 0.6 is 0 Å². The predicted octanol–water partition coefficient (Wildman–Crippen LogP) is 1.91. The van der Waals surface area contributed by atoms with E-state index >= 15 is 0 Å². The summed E-state index contributed by atoms with van der Waals surface area (Å²) < 4.78 is 1.91. The molecule has 0 bridgehead atoms. The van der Waals surface area contributed by atoms with Crippen molar-refractivity contribution in [2.75, 3.05) is 27.2 Å². The van der Waals surface area contributed by atoms with Crippen LogP contribution in [0.4, 0.5) is 0 Å². The third kappa shape index (κ3) is 4.19. The maximum atomic E-state index is 4.30. The zero-order valence-corrected chi connectivity index (χ0v) is 11.7. The second kappa shape index (κ2) is 7.07. The van der Waals surface area contributed by atoms with E-state index in [-0.39, 0.29) is 0 Å². The van der Waals surface area contributed by atoms with E-state index in [1.807, 2.05) is 23.0 Å². The number of nitrogens with one attached hydrogen (secondary N) is 1. The first-order valence-corrected chi connectivity index (χ1v) is 6.71. The zero-order valence-electron chi connectivity index (χ0n) is 11.7. The van der Waals surface area contributed by atoms with Gasteiger partial charge in [-0.2, -0.15) is 5.10 Å². The minimum absolute atomic E-state index is 0.878. The van der Waals surface area contributed by atoms with Gasteiger partial charge >= 0.3 is 0 Å². The molecule has 0 saturated carbocycles. The molecular weight excluding hydrogens is 236 g/mol. The van der Waals surface area contributed by atoms with Crippen LogP contribution in [0.5, 0.6) is 0 Å². The first-order chi connectivity index (χ1) is 9.27. The highest BCUT2D eigenvalue weighted by Gasteiger charge is 2.03. The average molecular weight is 258 g/mol. The SMILES string of the molecule is CN(C)CCCNCc1ccccc1-n1cccn1. The molecule has 0 amide bonds. The van der Waals surface area contributed by atoms with Crippen molar-refractivity contribution in [3.8, 4) is 5.69 Å². The highest BCUT2D eigenvalue weighted by atomic mass is 15.3. The fourth-order valence-electron chi connectivity index (χ4n) is 2.04. The molecule has 0 aliphatic carbocycles. The Kier molecular flexibility index (Phi) is 5.12. The van der Waals surface area contributed by atoms with Gasteiger partial charge in [0, 0.05) is 18.9 Å². The minimum atomic E-state index is 0.878. The number of rotatable bonds is 7. The topological polar surface area (TPSA) is 33.1 Å². The normalized spacial score (nSPS) is 11.1. The van der Waals surface area contributed by atoms with Crippen LogP contribution in [0.3, 0.4) is 0 Å². The molecule has 1 aromatic heterocycles. The third-order valence-corrected chi connectivity index (χ3v) is 3.02. The Labute approximate surface area is 115 Å². The molecule has 2 aromatic rings. The molecule has 0 radical (unpaired) electrons. The van der Waals surface area contributed by atoms with Gasteiger partial charge in [0.25, 0.3) is 0 Å². The second-order valence-corrected chi connectivity index (χ2v) is 4.91. The van der Waals surface area contributed by atoms with E-state index in [9.17, 15) is 0 Å². The fraction of sp³-hybridized carbons (Fsp3) is 0.400. The van der Waals surface area contributed by atoms with Crippen LogP contribution in [0.2, 0.25) is 0 Å². The quantitative estimate of drug-likeness (QED) is 0.770. The van der Waals surface area contributed by atoms with Gasteiger partial charge in [0.1, 0.15) is 0 Å². The van der Waals surface area contributed by atoms with Crippen LogP contribution < -0.4 is 5.32 Å². The van der Waals surface area contributed by atoms with Gasteiger partial charge in [0.05, 0.1) is 5.69 Å². The Balaban J connectivity index is 1.90. The molecule has 1 aromatic carbocycles. The van der Waals surface area contributed by atoms with Gasteiger partial charge in [-0.05, 0) is 51.3 Å². The van der Waals surface area contributed by atoms with E-state index in [4.69, 9.17) is 0 Å². The van der Waals surface area contributed by atoms with Crippen LogP contribution in [0.1, 0.15) is 12.0 Å². The van der Waals surface area contributed by atoms with Crippen LogP contribution in [0.15, 0.2) is 42.7 Å². The lowest BCUT2D eigenvalue weighted by Gasteiger charge is -2.12. The van der Waals surface area contributed by atoms with Crippen molar-refractivity contribution in [2.45, 2.75) is 13.0 Å². The molecule has 1 heterocycles. The summed E-state index contributed by atoms with van der Waals surface area (Å²) in [5.41, 5.74) is 2.42. The Morgan fingerprint density at radius 2 is 2.05 bits per heavy atom. The standard InChI is InChI=1S/C15H22N4/c1-18(2)11-5-9-16-13-14-7-3-4-8-15(14)19-12-6-10-17-19/h3-4,6-8,10,12,16H,5,9,11,13H2,1-2H3. The van der Waals surface area contributed by atoms with E-state index in [1.54, 1.807) is 6.20 Å². The van der Waals surface area contributed by atoms with Gasteiger partial charge in [0.15, 0.2) is 0 Å². The molecule has 1 N–H and O–H groups in total. The predicted molar refractivity (Wildman–Crippen MR) is 78.4 cm³/mol. The van der Waals surface area contributed by atoms with Gasteiger partial charge in [-0.3, -0.25) is 0 Å². The maximum absolute atomic E-state index is 4.30. The summed E-state index contributed by atoms with van der Waals surface area (Å²) in [4.78, 5) is 2.21. The van der Waals surface area contributed by atoms with E-state index < -0.39 is 0 Å². The summed E-state index contributed by atoms with van der Waals surface area (Å²) >= 11 is 0. The Bertz CT molecular complexity index is 477. The fourth-order valence-corrected chi connectivity index (χ4v) is 2.04. The number of benzene rings is 1.